The van der Waals surface area contributed by atoms with Gasteiger partial charge in [0.15, 0.2) is 11.5 Å². The van der Waals surface area contributed by atoms with Crippen molar-refractivity contribution in [3.63, 3.8) is 0 Å². The molecule has 4 nitrogen and oxygen atoms in total. The highest BCUT2D eigenvalue weighted by molar-refractivity contribution is 5.43. The zero-order valence-corrected chi connectivity index (χ0v) is 11.2. The molecule has 0 unspecified atom stereocenters. The van der Waals surface area contributed by atoms with Crippen molar-refractivity contribution in [2.24, 2.45) is 0 Å². The molecular weight excluding hydrogens is 254 g/mol. The molecule has 0 aliphatic rings. The van der Waals surface area contributed by atoms with Gasteiger partial charge in [-0.2, -0.15) is 5.26 Å². The third kappa shape index (κ3) is 3.08. The maximum Gasteiger partial charge on any atom is 0.161 e. The van der Waals surface area contributed by atoms with Crippen molar-refractivity contribution >= 4 is 0 Å². The van der Waals surface area contributed by atoms with E-state index in [-0.39, 0.29) is 6.61 Å². The summed E-state index contributed by atoms with van der Waals surface area (Å²) < 4.78 is 10.9. The van der Waals surface area contributed by atoms with Gasteiger partial charge in [-0.3, -0.25) is 0 Å². The SMILES string of the molecule is COc1cc(CO)ccc1OCc1ccccc1C#N. The molecule has 0 amide bonds. The molecule has 102 valence electrons. The molecule has 2 rings (SSSR count). The van der Waals surface area contributed by atoms with E-state index < -0.39 is 0 Å². The molecule has 0 saturated carbocycles. The number of aliphatic hydroxyl groups excluding tert-OH is 1. The Morgan fingerprint density at radius 3 is 2.65 bits per heavy atom. The fourth-order valence-electron chi connectivity index (χ4n) is 1.84. The highest BCUT2D eigenvalue weighted by Gasteiger charge is 2.07. The van der Waals surface area contributed by atoms with Gasteiger partial charge in [0, 0.05) is 5.56 Å². The Morgan fingerprint density at radius 2 is 1.95 bits per heavy atom. The smallest absolute Gasteiger partial charge is 0.161 e. The van der Waals surface area contributed by atoms with Crippen LogP contribution in [0.25, 0.3) is 0 Å². The molecule has 1 N–H and O–H groups in total. The van der Waals surface area contributed by atoms with E-state index in [0.717, 1.165) is 11.1 Å². The summed E-state index contributed by atoms with van der Waals surface area (Å²) in [5.74, 6) is 1.14. The van der Waals surface area contributed by atoms with Crippen LogP contribution in [0, 0.1) is 11.3 Å². The van der Waals surface area contributed by atoms with E-state index in [0.29, 0.717) is 23.7 Å². The summed E-state index contributed by atoms with van der Waals surface area (Å²) in [6.45, 7) is 0.243. The number of hydrogen-bond donors (Lipinski definition) is 1. The number of nitrogens with zero attached hydrogens (tertiary/aromatic N) is 1. The van der Waals surface area contributed by atoms with Crippen LogP contribution in [0.5, 0.6) is 11.5 Å². The Labute approximate surface area is 117 Å². The molecule has 4 heteroatoms. The molecular formula is C16H15NO3. The van der Waals surface area contributed by atoms with Gasteiger partial charge in [-0.15, -0.1) is 0 Å². The van der Waals surface area contributed by atoms with Gasteiger partial charge in [0.25, 0.3) is 0 Å². The van der Waals surface area contributed by atoms with Crippen LogP contribution in [0.3, 0.4) is 0 Å². The van der Waals surface area contributed by atoms with E-state index >= 15 is 0 Å². The quantitative estimate of drug-likeness (QED) is 0.906. The number of methoxy groups -OCH3 is 1. The minimum Gasteiger partial charge on any atom is -0.493 e. The van der Waals surface area contributed by atoms with Crippen LogP contribution in [0.4, 0.5) is 0 Å². The molecule has 0 radical (unpaired) electrons. The summed E-state index contributed by atoms with van der Waals surface area (Å²) in [6, 6.07) is 14.7. The minimum absolute atomic E-state index is 0.0477. The van der Waals surface area contributed by atoms with E-state index in [4.69, 9.17) is 19.8 Å². The van der Waals surface area contributed by atoms with Crippen LogP contribution in [-0.4, -0.2) is 12.2 Å². The molecule has 20 heavy (non-hydrogen) atoms. The summed E-state index contributed by atoms with van der Waals surface area (Å²) in [5, 5.41) is 18.1. The first-order chi connectivity index (χ1) is 9.78. The summed E-state index contributed by atoms with van der Waals surface area (Å²) >= 11 is 0. The Bertz CT molecular complexity index is 632. The second-order valence-electron chi connectivity index (χ2n) is 4.20. The first-order valence-corrected chi connectivity index (χ1v) is 6.17. The largest absolute Gasteiger partial charge is 0.493 e. The molecule has 0 aliphatic heterocycles. The van der Waals surface area contributed by atoms with Crippen molar-refractivity contribution in [3.8, 4) is 17.6 Å². The molecule has 0 heterocycles. The fraction of sp³-hybridized carbons (Fsp3) is 0.188. The van der Waals surface area contributed by atoms with E-state index in [2.05, 4.69) is 6.07 Å². The molecule has 0 fully saturated rings. The van der Waals surface area contributed by atoms with Gasteiger partial charge in [-0.25, -0.2) is 0 Å². The lowest BCUT2D eigenvalue weighted by molar-refractivity contribution is 0.274. The van der Waals surface area contributed by atoms with Crippen molar-refractivity contribution in [1.29, 1.82) is 5.26 Å². The topological polar surface area (TPSA) is 62.5 Å². The van der Waals surface area contributed by atoms with Crippen LogP contribution in [0.1, 0.15) is 16.7 Å². The number of aliphatic hydroxyl groups is 1. The molecule has 0 aromatic heterocycles. The van der Waals surface area contributed by atoms with Gasteiger partial charge in [-0.05, 0) is 23.8 Å². The molecule has 0 bridgehead atoms. The van der Waals surface area contributed by atoms with Gasteiger partial charge >= 0.3 is 0 Å². The number of nitriles is 1. The van der Waals surface area contributed by atoms with Crippen LogP contribution < -0.4 is 9.47 Å². The van der Waals surface area contributed by atoms with Gasteiger partial charge in [0.2, 0.25) is 0 Å². The zero-order chi connectivity index (χ0) is 14.4. The maximum absolute atomic E-state index is 9.09. The van der Waals surface area contributed by atoms with E-state index in [1.165, 1.54) is 0 Å². The average Bonchev–Trinajstić information content (AvgIpc) is 2.52. The Hall–Kier alpha value is -2.51. The third-order valence-corrected chi connectivity index (χ3v) is 2.93. The molecule has 0 aliphatic carbocycles. The monoisotopic (exact) mass is 269 g/mol. The van der Waals surface area contributed by atoms with Gasteiger partial charge in [0.1, 0.15) is 6.61 Å². The maximum atomic E-state index is 9.09. The predicted molar refractivity (Wildman–Crippen MR) is 74.4 cm³/mol. The second-order valence-corrected chi connectivity index (χ2v) is 4.20. The standard InChI is InChI=1S/C16H15NO3/c1-19-16-8-12(10-18)6-7-15(16)20-11-14-5-3-2-4-13(14)9-17/h2-8,18H,10-11H2,1H3. The van der Waals surface area contributed by atoms with Gasteiger partial charge in [0.05, 0.1) is 25.3 Å². The van der Waals surface area contributed by atoms with E-state index in [9.17, 15) is 0 Å². The van der Waals surface area contributed by atoms with Crippen molar-refractivity contribution in [2.75, 3.05) is 7.11 Å². The number of hydrogen-bond acceptors (Lipinski definition) is 4. The van der Waals surface area contributed by atoms with Crippen LogP contribution >= 0.6 is 0 Å². The molecule has 0 atom stereocenters. The van der Waals surface area contributed by atoms with Gasteiger partial charge < -0.3 is 14.6 Å². The first-order valence-electron chi connectivity index (χ1n) is 6.17. The number of ether oxygens (including phenoxy) is 2. The normalized spacial score (nSPS) is 9.85. The lowest BCUT2D eigenvalue weighted by Crippen LogP contribution is -2.00. The van der Waals surface area contributed by atoms with Crippen molar-refractivity contribution < 1.29 is 14.6 Å². The Kier molecular flexibility index (Phi) is 4.59. The average molecular weight is 269 g/mol. The lowest BCUT2D eigenvalue weighted by atomic mass is 10.1. The summed E-state index contributed by atoms with van der Waals surface area (Å²) in [7, 11) is 1.55. The fourth-order valence-corrected chi connectivity index (χ4v) is 1.84. The number of rotatable bonds is 5. The molecule has 0 spiro atoms. The predicted octanol–water partition coefficient (Wildman–Crippen LogP) is 2.64. The van der Waals surface area contributed by atoms with Crippen LogP contribution in [0.15, 0.2) is 42.5 Å². The number of benzene rings is 2. The van der Waals surface area contributed by atoms with Crippen molar-refractivity contribution in [3.05, 3.63) is 59.2 Å². The Morgan fingerprint density at radius 1 is 1.15 bits per heavy atom. The summed E-state index contributed by atoms with van der Waals surface area (Å²) in [4.78, 5) is 0. The molecule has 2 aromatic carbocycles. The lowest BCUT2D eigenvalue weighted by Gasteiger charge is -2.12. The Balaban J connectivity index is 2.17. The highest BCUT2D eigenvalue weighted by atomic mass is 16.5. The van der Waals surface area contributed by atoms with Gasteiger partial charge in [-0.1, -0.05) is 24.3 Å². The van der Waals surface area contributed by atoms with Crippen LogP contribution in [0.2, 0.25) is 0 Å². The molecule has 2 aromatic rings. The summed E-state index contributed by atoms with van der Waals surface area (Å²) in [6.07, 6.45) is 0. The van der Waals surface area contributed by atoms with E-state index in [1.807, 2.05) is 18.2 Å². The third-order valence-electron chi connectivity index (χ3n) is 2.93. The second kappa shape index (κ2) is 6.60. The zero-order valence-electron chi connectivity index (χ0n) is 11.2. The molecule has 0 saturated heterocycles. The van der Waals surface area contributed by atoms with Crippen molar-refractivity contribution in [1.82, 2.24) is 0 Å². The first kappa shape index (κ1) is 13.9. The van der Waals surface area contributed by atoms with Crippen molar-refractivity contribution in [2.45, 2.75) is 13.2 Å². The van der Waals surface area contributed by atoms with E-state index in [1.54, 1.807) is 31.4 Å². The minimum atomic E-state index is -0.0477. The van der Waals surface area contributed by atoms with Crippen LogP contribution in [-0.2, 0) is 13.2 Å². The highest BCUT2D eigenvalue weighted by Crippen LogP contribution is 2.29. The summed E-state index contributed by atoms with van der Waals surface area (Å²) in [5.41, 5.74) is 2.17.